The molecule has 1 rings (SSSR count). The molecule has 1 aromatic carbocycles. The van der Waals surface area contributed by atoms with Gasteiger partial charge in [0.2, 0.25) is 0 Å². The van der Waals surface area contributed by atoms with Crippen LogP contribution < -0.4 is 10.1 Å². The van der Waals surface area contributed by atoms with Crippen LogP contribution in [0.2, 0.25) is 0 Å². The minimum absolute atomic E-state index is 0.200. The van der Waals surface area contributed by atoms with Gasteiger partial charge in [-0.1, -0.05) is 26.0 Å². The SMILES string of the molecule is CCc1ccc(OCC(=O)NC(C)(CC)C(=O)O)cc1. The number of carboxylic acid groups (broad SMARTS) is 1. The molecule has 0 saturated carbocycles. The van der Waals surface area contributed by atoms with E-state index in [4.69, 9.17) is 9.84 Å². The molecule has 1 atom stereocenters. The maximum absolute atomic E-state index is 11.7. The van der Waals surface area contributed by atoms with Gasteiger partial charge in [-0.25, -0.2) is 4.79 Å². The van der Waals surface area contributed by atoms with Crippen molar-refractivity contribution >= 4 is 11.9 Å². The van der Waals surface area contributed by atoms with Gasteiger partial charge < -0.3 is 15.2 Å². The highest BCUT2D eigenvalue weighted by molar-refractivity contribution is 5.87. The van der Waals surface area contributed by atoms with Crippen molar-refractivity contribution in [2.45, 2.75) is 39.2 Å². The third kappa shape index (κ3) is 4.26. The highest BCUT2D eigenvalue weighted by Crippen LogP contribution is 2.13. The molecular formula is C15H21NO4. The molecule has 1 aromatic rings. The van der Waals surface area contributed by atoms with E-state index in [-0.39, 0.29) is 6.61 Å². The number of aryl methyl sites for hydroxylation is 1. The molecule has 2 N–H and O–H groups in total. The van der Waals surface area contributed by atoms with Crippen LogP contribution in [0, 0.1) is 0 Å². The summed E-state index contributed by atoms with van der Waals surface area (Å²) < 4.78 is 5.33. The van der Waals surface area contributed by atoms with Gasteiger partial charge in [0.15, 0.2) is 6.61 Å². The normalized spacial score (nSPS) is 13.3. The van der Waals surface area contributed by atoms with Crippen LogP contribution in [0.5, 0.6) is 5.75 Å². The van der Waals surface area contributed by atoms with Crippen LogP contribution in [-0.4, -0.2) is 29.1 Å². The lowest BCUT2D eigenvalue weighted by atomic mass is 9.99. The number of carbonyl (C=O) groups is 2. The first-order chi connectivity index (χ1) is 9.41. The van der Waals surface area contributed by atoms with E-state index in [1.54, 1.807) is 19.1 Å². The Morgan fingerprint density at radius 3 is 2.30 bits per heavy atom. The first-order valence-corrected chi connectivity index (χ1v) is 6.67. The van der Waals surface area contributed by atoms with Gasteiger partial charge >= 0.3 is 5.97 Å². The zero-order chi connectivity index (χ0) is 15.2. The summed E-state index contributed by atoms with van der Waals surface area (Å²) in [5.41, 5.74) is -0.0711. The molecule has 0 aliphatic rings. The molecule has 20 heavy (non-hydrogen) atoms. The molecule has 5 heteroatoms. The molecule has 110 valence electrons. The Labute approximate surface area is 118 Å². The lowest BCUT2D eigenvalue weighted by Crippen LogP contribution is -2.53. The monoisotopic (exact) mass is 279 g/mol. The number of carboxylic acids is 1. The van der Waals surface area contributed by atoms with Gasteiger partial charge in [0, 0.05) is 0 Å². The van der Waals surface area contributed by atoms with E-state index in [2.05, 4.69) is 12.2 Å². The largest absolute Gasteiger partial charge is 0.484 e. The van der Waals surface area contributed by atoms with Crippen LogP contribution in [-0.2, 0) is 16.0 Å². The molecule has 1 unspecified atom stereocenters. The lowest BCUT2D eigenvalue weighted by molar-refractivity contribution is -0.147. The summed E-state index contributed by atoms with van der Waals surface area (Å²) in [7, 11) is 0. The highest BCUT2D eigenvalue weighted by atomic mass is 16.5. The fourth-order valence-electron chi connectivity index (χ4n) is 1.61. The van der Waals surface area contributed by atoms with Crippen LogP contribution in [0.15, 0.2) is 24.3 Å². The molecule has 0 aliphatic heterocycles. The molecular weight excluding hydrogens is 258 g/mol. The molecule has 0 saturated heterocycles. The Kier molecular flexibility index (Phi) is 5.55. The van der Waals surface area contributed by atoms with E-state index in [0.29, 0.717) is 12.2 Å². The van der Waals surface area contributed by atoms with Crippen LogP contribution in [0.3, 0.4) is 0 Å². The van der Waals surface area contributed by atoms with Crippen LogP contribution in [0.4, 0.5) is 0 Å². The van der Waals surface area contributed by atoms with Gasteiger partial charge in [0.1, 0.15) is 11.3 Å². The van der Waals surface area contributed by atoms with Gasteiger partial charge in [-0.2, -0.15) is 0 Å². The number of benzene rings is 1. The number of hydrogen-bond acceptors (Lipinski definition) is 3. The van der Waals surface area contributed by atoms with Gasteiger partial charge in [-0.15, -0.1) is 0 Å². The molecule has 0 radical (unpaired) electrons. The first kappa shape index (κ1) is 16.0. The Morgan fingerprint density at radius 1 is 1.25 bits per heavy atom. The fraction of sp³-hybridized carbons (Fsp3) is 0.467. The predicted octanol–water partition coefficient (Wildman–Crippen LogP) is 2.00. The van der Waals surface area contributed by atoms with E-state index in [1.165, 1.54) is 12.5 Å². The van der Waals surface area contributed by atoms with Crippen molar-refractivity contribution in [1.82, 2.24) is 5.32 Å². The number of amides is 1. The Hall–Kier alpha value is -2.04. The highest BCUT2D eigenvalue weighted by Gasteiger charge is 2.32. The van der Waals surface area contributed by atoms with E-state index >= 15 is 0 Å². The molecule has 0 heterocycles. The first-order valence-electron chi connectivity index (χ1n) is 6.67. The molecule has 0 fully saturated rings. The van der Waals surface area contributed by atoms with Gasteiger partial charge in [0.05, 0.1) is 0 Å². The van der Waals surface area contributed by atoms with Crippen molar-refractivity contribution in [2.24, 2.45) is 0 Å². The quantitative estimate of drug-likeness (QED) is 0.800. The summed E-state index contributed by atoms with van der Waals surface area (Å²) in [4.78, 5) is 22.8. The average molecular weight is 279 g/mol. The summed E-state index contributed by atoms with van der Waals surface area (Å²) in [5.74, 6) is -0.914. The average Bonchev–Trinajstić information content (AvgIpc) is 2.45. The van der Waals surface area contributed by atoms with E-state index in [1.807, 2.05) is 12.1 Å². The standard InChI is InChI=1S/C15H21NO4/c1-4-11-6-8-12(9-7-11)20-10-13(17)16-15(3,5-2)14(18)19/h6-9H,4-5,10H2,1-3H3,(H,16,17)(H,18,19). The van der Waals surface area contributed by atoms with Crippen molar-refractivity contribution in [1.29, 1.82) is 0 Å². The number of rotatable bonds is 7. The second-order valence-corrected chi connectivity index (χ2v) is 4.83. The Bertz CT molecular complexity index is 469. The molecule has 0 spiro atoms. The number of carbonyl (C=O) groups excluding carboxylic acids is 1. The topological polar surface area (TPSA) is 75.6 Å². The second kappa shape index (κ2) is 6.93. The molecule has 0 aromatic heterocycles. The van der Waals surface area contributed by atoms with Crippen LogP contribution in [0.1, 0.15) is 32.8 Å². The van der Waals surface area contributed by atoms with E-state index < -0.39 is 17.4 Å². The van der Waals surface area contributed by atoms with Gasteiger partial charge in [0.25, 0.3) is 5.91 Å². The lowest BCUT2D eigenvalue weighted by Gasteiger charge is -2.24. The zero-order valence-corrected chi connectivity index (χ0v) is 12.1. The maximum Gasteiger partial charge on any atom is 0.329 e. The second-order valence-electron chi connectivity index (χ2n) is 4.83. The molecule has 0 aliphatic carbocycles. The summed E-state index contributed by atoms with van der Waals surface area (Å²) in [5, 5.41) is 11.5. The summed E-state index contributed by atoms with van der Waals surface area (Å²) in [6.07, 6.45) is 1.24. The summed E-state index contributed by atoms with van der Waals surface area (Å²) in [6.45, 7) is 5.04. The minimum atomic E-state index is -1.26. The number of nitrogens with one attached hydrogen (secondary N) is 1. The minimum Gasteiger partial charge on any atom is -0.484 e. The summed E-state index contributed by atoms with van der Waals surface area (Å²) >= 11 is 0. The number of aliphatic carboxylic acids is 1. The Balaban J connectivity index is 2.52. The molecule has 5 nitrogen and oxygen atoms in total. The third-order valence-electron chi connectivity index (χ3n) is 3.30. The van der Waals surface area contributed by atoms with E-state index in [9.17, 15) is 9.59 Å². The van der Waals surface area contributed by atoms with Crippen molar-refractivity contribution in [2.75, 3.05) is 6.61 Å². The van der Waals surface area contributed by atoms with Crippen molar-refractivity contribution < 1.29 is 19.4 Å². The predicted molar refractivity (Wildman–Crippen MR) is 75.8 cm³/mol. The summed E-state index contributed by atoms with van der Waals surface area (Å²) in [6, 6.07) is 7.45. The fourth-order valence-corrected chi connectivity index (χ4v) is 1.61. The van der Waals surface area contributed by atoms with Gasteiger partial charge in [-0.05, 0) is 37.5 Å². The van der Waals surface area contributed by atoms with E-state index in [0.717, 1.165) is 6.42 Å². The number of hydrogen-bond donors (Lipinski definition) is 2. The molecule has 1 amide bonds. The Morgan fingerprint density at radius 2 is 1.85 bits per heavy atom. The van der Waals surface area contributed by atoms with Gasteiger partial charge in [-0.3, -0.25) is 4.79 Å². The van der Waals surface area contributed by atoms with Crippen LogP contribution in [0.25, 0.3) is 0 Å². The number of ether oxygens (including phenoxy) is 1. The maximum atomic E-state index is 11.7. The smallest absolute Gasteiger partial charge is 0.329 e. The van der Waals surface area contributed by atoms with Crippen molar-refractivity contribution in [3.05, 3.63) is 29.8 Å². The van der Waals surface area contributed by atoms with Crippen molar-refractivity contribution in [3.8, 4) is 5.75 Å². The zero-order valence-electron chi connectivity index (χ0n) is 12.1. The third-order valence-corrected chi connectivity index (χ3v) is 3.30. The molecule has 0 bridgehead atoms. The van der Waals surface area contributed by atoms with Crippen molar-refractivity contribution in [3.63, 3.8) is 0 Å². The van der Waals surface area contributed by atoms with Crippen LogP contribution >= 0.6 is 0 Å².